The Morgan fingerprint density at radius 2 is 1.88 bits per heavy atom. The van der Waals surface area contributed by atoms with E-state index in [1.807, 2.05) is 63.2 Å². The molecular weight excluding hydrogens is 402 g/mol. The number of ether oxygens (including phenoxy) is 2. The number of hydrogen-bond acceptors (Lipinski definition) is 5. The molecule has 0 N–H and O–H groups in total. The third kappa shape index (κ3) is 4.58. The Hall–Kier alpha value is -1.92. The van der Waals surface area contributed by atoms with Gasteiger partial charge in [-0.3, -0.25) is 0 Å². The zero-order valence-corrected chi connectivity index (χ0v) is 16.6. The molecule has 0 aliphatic heterocycles. The topological polar surface area (TPSA) is 48.4 Å². The number of rotatable bonds is 4. The van der Waals surface area contributed by atoms with Crippen molar-refractivity contribution < 1.29 is 14.3 Å². The zero-order valence-electron chi connectivity index (χ0n) is 14.2. The third-order valence-electron chi connectivity index (χ3n) is 3.34. The molecule has 0 amide bonds. The van der Waals surface area contributed by atoms with Crippen LogP contribution in [0.3, 0.4) is 0 Å². The van der Waals surface area contributed by atoms with Crippen molar-refractivity contribution in [1.82, 2.24) is 4.37 Å². The molecule has 0 spiro atoms. The number of fused-ring (bicyclic) bond motifs is 1. The first kappa shape index (κ1) is 17.9. The molecule has 0 aliphatic carbocycles. The van der Waals surface area contributed by atoms with Crippen LogP contribution in [0, 0.1) is 0 Å². The van der Waals surface area contributed by atoms with E-state index in [-0.39, 0.29) is 12.6 Å². The number of carbonyl (C=O) groups excluding carboxylic acids is 1. The van der Waals surface area contributed by atoms with E-state index >= 15 is 0 Å². The molecule has 3 aromatic rings. The number of aromatic nitrogens is 1. The van der Waals surface area contributed by atoms with Gasteiger partial charge in [-0.1, -0.05) is 28.1 Å². The maximum Gasteiger partial charge on any atom is 0.344 e. The van der Waals surface area contributed by atoms with Gasteiger partial charge >= 0.3 is 5.97 Å². The lowest BCUT2D eigenvalue weighted by molar-refractivity contribution is -0.157. The van der Waals surface area contributed by atoms with Crippen molar-refractivity contribution in [2.75, 3.05) is 6.61 Å². The standard InChI is InChI=1S/C19H18BrNO3S/c1-19(2,3)24-17(22)11-23-14-8-9-15-16(10-14)25-21-18(15)12-4-6-13(20)7-5-12/h4-10H,11H2,1-3H3. The van der Waals surface area contributed by atoms with E-state index in [2.05, 4.69) is 20.3 Å². The van der Waals surface area contributed by atoms with Gasteiger partial charge < -0.3 is 9.47 Å². The van der Waals surface area contributed by atoms with E-state index < -0.39 is 5.60 Å². The Labute approximate surface area is 159 Å². The summed E-state index contributed by atoms with van der Waals surface area (Å²) in [6, 6.07) is 13.8. The number of carbonyl (C=O) groups is 1. The zero-order chi connectivity index (χ0) is 18.0. The quantitative estimate of drug-likeness (QED) is 0.527. The molecule has 6 heteroatoms. The lowest BCUT2D eigenvalue weighted by Crippen LogP contribution is -2.27. The van der Waals surface area contributed by atoms with Gasteiger partial charge in [0, 0.05) is 15.4 Å². The largest absolute Gasteiger partial charge is 0.482 e. The van der Waals surface area contributed by atoms with Gasteiger partial charge in [0.2, 0.25) is 0 Å². The number of esters is 1. The van der Waals surface area contributed by atoms with Crippen molar-refractivity contribution in [1.29, 1.82) is 0 Å². The summed E-state index contributed by atoms with van der Waals surface area (Å²) >= 11 is 4.86. The average molecular weight is 420 g/mol. The van der Waals surface area contributed by atoms with Crippen LogP contribution in [-0.4, -0.2) is 22.6 Å². The molecule has 0 fully saturated rings. The maximum atomic E-state index is 11.8. The van der Waals surface area contributed by atoms with E-state index in [9.17, 15) is 4.79 Å². The normalized spacial score (nSPS) is 11.5. The number of halogens is 1. The Balaban J connectivity index is 1.76. The fourth-order valence-electron chi connectivity index (χ4n) is 2.34. The van der Waals surface area contributed by atoms with Crippen LogP contribution < -0.4 is 4.74 Å². The van der Waals surface area contributed by atoms with E-state index in [0.717, 1.165) is 25.8 Å². The van der Waals surface area contributed by atoms with Crippen LogP contribution in [0.1, 0.15) is 20.8 Å². The molecule has 1 aromatic heterocycles. The molecule has 2 aromatic carbocycles. The fourth-order valence-corrected chi connectivity index (χ4v) is 3.43. The minimum Gasteiger partial charge on any atom is -0.482 e. The second-order valence-electron chi connectivity index (χ2n) is 6.57. The second-order valence-corrected chi connectivity index (χ2v) is 8.29. The van der Waals surface area contributed by atoms with Gasteiger partial charge in [-0.05, 0) is 62.6 Å². The summed E-state index contributed by atoms with van der Waals surface area (Å²) in [5, 5.41) is 1.07. The molecule has 1 heterocycles. The van der Waals surface area contributed by atoms with Gasteiger partial charge in [0.05, 0.1) is 10.4 Å². The van der Waals surface area contributed by atoms with Crippen molar-refractivity contribution in [3.8, 4) is 17.0 Å². The Morgan fingerprint density at radius 3 is 2.56 bits per heavy atom. The van der Waals surface area contributed by atoms with Crippen molar-refractivity contribution in [2.24, 2.45) is 0 Å². The summed E-state index contributed by atoms with van der Waals surface area (Å²) in [6.45, 7) is 5.38. The molecule has 3 rings (SSSR count). The monoisotopic (exact) mass is 419 g/mol. The number of benzene rings is 2. The molecule has 0 radical (unpaired) electrons. The molecule has 0 unspecified atom stereocenters. The summed E-state index contributed by atoms with van der Waals surface area (Å²) in [4.78, 5) is 11.8. The summed E-state index contributed by atoms with van der Waals surface area (Å²) in [5.74, 6) is 0.247. The van der Waals surface area contributed by atoms with E-state index in [0.29, 0.717) is 5.75 Å². The molecule has 0 atom stereocenters. The van der Waals surface area contributed by atoms with Crippen molar-refractivity contribution >= 4 is 43.5 Å². The van der Waals surface area contributed by atoms with Crippen LogP contribution in [0.4, 0.5) is 0 Å². The third-order valence-corrected chi connectivity index (χ3v) is 4.67. The molecule has 0 saturated heterocycles. The van der Waals surface area contributed by atoms with Crippen LogP contribution in [0.5, 0.6) is 5.75 Å². The Bertz CT molecular complexity index is 897. The van der Waals surface area contributed by atoms with Crippen LogP contribution in [0.25, 0.3) is 21.3 Å². The summed E-state index contributed by atoms with van der Waals surface area (Å²) in [7, 11) is 0. The summed E-state index contributed by atoms with van der Waals surface area (Å²) in [5.41, 5.74) is 1.50. The molecular formula is C19H18BrNO3S. The SMILES string of the molecule is CC(C)(C)OC(=O)COc1ccc2c(-c3ccc(Br)cc3)nsc2c1. The Morgan fingerprint density at radius 1 is 1.16 bits per heavy atom. The highest BCUT2D eigenvalue weighted by Crippen LogP contribution is 2.33. The minimum absolute atomic E-state index is 0.110. The predicted molar refractivity (Wildman–Crippen MR) is 104 cm³/mol. The van der Waals surface area contributed by atoms with Crippen LogP contribution in [0.2, 0.25) is 0 Å². The highest BCUT2D eigenvalue weighted by atomic mass is 79.9. The van der Waals surface area contributed by atoms with E-state index in [1.54, 1.807) is 0 Å². The van der Waals surface area contributed by atoms with E-state index in [4.69, 9.17) is 9.47 Å². The van der Waals surface area contributed by atoms with Crippen LogP contribution in [0.15, 0.2) is 46.9 Å². The van der Waals surface area contributed by atoms with Gasteiger partial charge in [-0.2, -0.15) is 4.37 Å². The summed E-state index contributed by atoms with van der Waals surface area (Å²) < 4.78 is 17.4. The molecule has 130 valence electrons. The van der Waals surface area contributed by atoms with Gasteiger partial charge in [-0.25, -0.2) is 4.79 Å². The number of nitrogens with zero attached hydrogens (tertiary/aromatic N) is 1. The van der Waals surface area contributed by atoms with Gasteiger partial charge in [0.15, 0.2) is 6.61 Å². The molecule has 0 saturated carbocycles. The first-order chi connectivity index (χ1) is 11.8. The molecule has 25 heavy (non-hydrogen) atoms. The molecule has 0 bridgehead atoms. The van der Waals surface area contributed by atoms with Crippen molar-refractivity contribution in [3.63, 3.8) is 0 Å². The first-order valence-corrected chi connectivity index (χ1v) is 9.38. The average Bonchev–Trinajstić information content (AvgIpc) is 2.95. The van der Waals surface area contributed by atoms with Gasteiger partial charge in [0.1, 0.15) is 11.4 Å². The lowest BCUT2D eigenvalue weighted by atomic mass is 10.1. The predicted octanol–water partition coefficient (Wildman–Crippen LogP) is 5.45. The maximum absolute atomic E-state index is 11.8. The van der Waals surface area contributed by atoms with Crippen LogP contribution in [-0.2, 0) is 9.53 Å². The first-order valence-electron chi connectivity index (χ1n) is 7.82. The van der Waals surface area contributed by atoms with Crippen molar-refractivity contribution in [2.45, 2.75) is 26.4 Å². The Kier molecular flexibility index (Phi) is 5.11. The molecule has 4 nitrogen and oxygen atoms in total. The van der Waals surface area contributed by atoms with Gasteiger partial charge in [-0.15, -0.1) is 0 Å². The summed E-state index contributed by atoms with van der Waals surface area (Å²) in [6.07, 6.45) is 0. The molecule has 0 aliphatic rings. The highest BCUT2D eigenvalue weighted by Gasteiger charge is 2.17. The highest BCUT2D eigenvalue weighted by molar-refractivity contribution is 9.10. The fraction of sp³-hybridized carbons (Fsp3) is 0.263. The minimum atomic E-state index is -0.512. The van der Waals surface area contributed by atoms with Crippen LogP contribution >= 0.6 is 27.5 Å². The number of hydrogen-bond donors (Lipinski definition) is 0. The van der Waals surface area contributed by atoms with E-state index in [1.165, 1.54) is 11.5 Å². The second kappa shape index (κ2) is 7.14. The smallest absolute Gasteiger partial charge is 0.344 e. The van der Waals surface area contributed by atoms with Crippen molar-refractivity contribution in [3.05, 3.63) is 46.9 Å². The van der Waals surface area contributed by atoms with Gasteiger partial charge in [0.25, 0.3) is 0 Å². The lowest BCUT2D eigenvalue weighted by Gasteiger charge is -2.19.